The molecule has 11 heavy (non-hydrogen) atoms. The molecule has 0 bridgehead atoms. The van der Waals surface area contributed by atoms with Crippen molar-refractivity contribution in [2.75, 3.05) is 3.94 Å². The van der Waals surface area contributed by atoms with Gasteiger partial charge in [-0.2, -0.15) is 3.94 Å². The molecule has 0 unspecified atom stereocenters. The number of halogens is 3. The van der Waals surface area contributed by atoms with E-state index in [9.17, 15) is 0 Å². The molecule has 0 saturated heterocycles. The summed E-state index contributed by atoms with van der Waals surface area (Å²) in [5.41, 5.74) is 0.590. The molecule has 0 radical (unpaired) electrons. The maximum atomic E-state index is 5.71. The van der Waals surface area contributed by atoms with Crippen LogP contribution in [-0.4, -0.2) is 0 Å². The van der Waals surface area contributed by atoms with E-state index >= 15 is 0 Å². The Kier molecular flexibility index (Phi) is 5.97. The first kappa shape index (κ1) is 11.9. The Morgan fingerprint density at radius 2 is 1.73 bits per heavy atom. The Balaban J connectivity index is 0. The predicted octanol–water partition coefficient (Wildman–Crippen LogP) is 0.570. The summed E-state index contributed by atoms with van der Waals surface area (Å²) in [6, 6.07) is 7.05. The minimum absolute atomic E-state index is 0. The summed E-state index contributed by atoms with van der Waals surface area (Å²) in [7, 11) is 0. The van der Waals surface area contributed by atoms with Gasteiger partial charge < -0.3 is 1.43 Å². The molecule has 0 aromatic heterocycles. The first-order valence-electron chi connectivity index (χ1n) is 2.58. The van der Waals surface area contributed by atoms with Crippen molar-refractivity contribution in [3.05, 3.63) is 29.3 Å². The van der Waals surface area contributed by atoms with Crippen molar-refractivity contribution >= 4 is 40.8 Å². The van der Waals surface area contributed by atoms with Crippen LogP contribution in [0.25, 0.3) is 0 Å². The van der Waals surface area contributed by atoms with Gasteiger partial charge in [-0.15, -0.1) is 0 Å². The van der Waals surface area contributed by atoms with Crippen LogP contribution in [0.3, 0.4) is 0 Å². The summed E-state index contributed by atoms with van der Waals surface area (Å²) in [6.45, 7) is 0. The minimum Gasteiger partial charge on any atom is -1.00 e. The van der Waals surface area contributed by atoms with E-state index in [4.69, 9.17) is 35.2 Å². The molecule has 1 aromatic rings. The third-order valence-corrected chi connectivity index (χ3v) is 1.72. The predicted molar refractivity (Wildman–Crippen MR) is 46.7 cm³/mol. The summed E-state index contributed by atoms with van der Waals surface area (Å²) >= 11 is 16.6. The van der Waals surface area contributed by atoms with Crippen molar-refractivity contribution in [3.8, 4) is 0 Å². The summed E-state index contributed by atoms with van der Waals surface area (Å²) in [4.78, 5) is 0. The van der Waals surface area contributed by atoms with E-state index < -0.39 is 0 Å². The molecule has 1 aromatic carbocycles. The molecule has 0 amide bonds. The second-order valence-corrected chi connectivity index (χ2v) is 2.94. The SMILES string of the molecule is Clc1ccccc1N(Cl)Cl.[H-].[Na+]. The van der Waals surface area contributed by atoms with Crippen molar-refractivity contribution in [3.63, 3.8) is 0 Å². The topological polar surface area (TPSA) is 3.24 Å². The first-order valence-corrected chi connectivity index (χ1v) is 3.63. The Morgan fingerprint density at radius 3 is 2.09 bits per heavy atom. The summed E-state index contributed by atoms with van der Waals surface area (Å²) in [6.07, 6.45) is 0. The van der Waals surface area contributed by atoms with Gasteiger partial charge in [0.15, 0.2) is 0 Å². The molecule has 0 aliphatic rings. The van der Waals surface area contributed by atoms with E-state index in [0.29, 0.717) is 10.7 Å². The molecule has 0 heterocycles. The molecule has 0 fully saturated rings. The van der Waals surface area contributed by atoms with Crippen molar-refractivity contribution in [1.29, 1.82) is 0 Å². The zero-order chi connectivity index (χ0) is 7.56. The van der Waals surface area contributed by atoms with E-state index in [-0.39, 0.29) is 31.0 Å². The normalized spacial score (nSPS) is 8.64. The van der Waals surface area contributed by atoms with Gasteiger partial charge in [0.2, 0.25) is 0 Å². The van der Waals surface area contributed by atoms with E-state index in [1.54, 1.807) is 18.2 Å². The molecule has 0 aliphatic heterocycles. The summed E-state index contributed by atoms with van der Waals surface area (Å²) < 4.78 is 0.933. The maximum absolute atomic E-state index is 5.71. The van der Waals surface area contributed by atoms with Gasteiger partial charge in [-0.25, -0.2) is 0 Å². The quantitative estimate of drug-likeness (QED) is 0.494. The number of para-hydroxylation sites is 1. The smallest absolute Gasteiger partial charge is 1.00 e. The standard InChI is InChI=1S/C6H4Cl3N.Na.H/c7-5-3-1-2-4-6(5)10(8)9;;/h1-4H;;/q;+1;-1. The van der Waals surface area contributed by atoms with Gasteiger partial charge in [0.05, 0.1) is 10.7 Å². The molecule has 56 valence electrons. The van der Waals surface area contributed by atoms with Crippen LogP contribution in [0.5, 0.6) is 0 Å². The number of rotatable bonds is 1. The van der Waals surface area contributed by atoms with Gasteiger partial charge in [-0.1, -0.05) is 23.7 Å². The van der Waals surface area contributed by atoms with Crippen molar-refractivity contribution in [2.24, 2.45) is 0 Å². The summed E-state index contributed by atoms with van der Waals surface area (Å²) in [5.74, 6) is 0. The fourth-order valence-electron chi connectivity index (χ4n) is 0.589. The molecule has 0 N–H and O–H groups in total. The van der Waals surface area contributed by atoms with Gasteiger partial charge in [-0.3, -0.25) is 0 Å². The Hall–Kier alpha value is 0.890. The Labute approximate surface area is 104 Å². The largest absolute Gasteiger partial charge is 1.00 e. The fourth-order valence-corrected chi connectivity index (χ4v) is 1.19. The van der Waals surface area contributed by atoms with Crippen LogP contribution < -0.4 is 33.5 Å². The average molecular weight is 220 g/mol. The van der Waals surface area contributed by atoms with Crippen LogP contribution in [0, 0.1) is 0 Å². The van der Waals surface area contributed by atoms with Crippen molar-refractivity contribution < 1.29 is 31.0 Å². The van der Waals surface area contributed by atoms with Crippen molar-refractivity contribution in [2.45, 2.75) is 0 Å². The number of benzene rings is 1. The molecular formula is C6H5Cl3NNa. The van der Waals surface area contributed by atoms with Gasteiger partial charge in [0.1, 0.15) is 0 Å². The number of anilines is 1. The Morgan fingerprint density at radius 1 is 1.18 bits per heavy atom. The van der Waals surface area contributed by atoms with Crippen LogP contribution in [0.15, 0.2) is 24.3 Å². The van der Waals surface area contributed by atoms with Crippen LogP contribution in [-0.2, 0) is 0 Å². The molecule has 0 spiro atoms. The molecular weight excluding hydrogens is 215 g/mol. The van der Waals surface area contributed by atoms with Gasteiger partial charge in [0, 0.05) is 23.6 Å². The first-order chi connectivity index (χ1) is 4.72. The minimum atomic E-state index is 0. The van der Waals surface area contributed by atoms with E-state index in [1.807, 2.05) is 6.07 Å². The number of hydrogen-bond acceptors (Lipinski definition) is 1. The fraction of sp³-hybridized carbons (Fsp3) is 0. The molecule has 0 atom stereocenters. The molecule has 1 nitrogen and oxygen atoms in total. The van der Waals surface area contributed by atoms with E-state index in [2.05, 4.69) is 0 Å². The number of nitrogens with zero attached hydrogens (tertiary/aromatic N) is 1. The molecule has 1 rings (SSSR count). The third-order valence-electron chi connectivity index (χ3n) is 1.03. The molecule has 5 heteroatoms. The third kappa shape index (κ3) is 3.41. The van der Waals surface area contributed by atoms with Crippen LogP contribution in [0.1, 0.15) is 1.43 Å². The average Bonchev–Trinajstić information content (AvgIpc) is 1.88. The van der Waals surface area contributed by atoms with Gasteiger partial charge in [-0.05, 0) is 12.1 Å². The monoisotopic (exact) mass is 219 g/mol. The summed E-state index contributed by atoms with van der Waals surface area (Å²) in [5, 5.41) is 0.535. The van der Waals surface area contributed by atoms with Gasteiger partial charge >= 0.3 is 29.6 Å². The van der Waals surface area contributed by atoms with Crippen LogP contribution in [0.2, 0.25) is 5.02 Å². The van der Waals surface area contributed by atoms with Crippen LogP contribution >= 0.6 is 35.2 Å². The maximum Gasteiger partial charge on any atom is 1.00 e. The van der Waals surface area contributed by atoms with Crippen molar-refractivity contribution in [1.82, 2.24) is 0 Å². The van der Waals surface area contributed by atoms with Gasteiger partial charge in [0.25, 0.3) is 0 Å². The zero-order valence-electron chi connectivity index (χ0n) is 6.89. The van der Waals surface area contributed by atoms with E-state index in [0.717, 1.165) is 3.94 Å². The second kappa shape index (κ2) is 5.52. The molecule has 0 aliphatic carbocycles. The zero-order valence-corrected chi connectivity index (χ0v) is 10.2. The van der Waals surface area contributed by atoms with Crippen LogP contribution in [0.4, 0.5) is 5.69 Å². The second-order valence-electron chi connectivity index (χ2n) is 1.68. The number of hydrogen-bond donors (Lipinski definition) is 0. The Bertz CT molecular complexity index is 234. The van der Waals surface area contributed by atoms with E-state index in [1.165, 1.54) is 0 Å². The molecule has 0 saturated carbocycles.